The fourth-order valence-electron chi connectivity index (χ4n) is 3.50. The summed E-state index contributed by atoms with van der Waals surface area (Å²) in [6.45, 7) is 3.53. The molecule has 0 saturated carbocycles. The summed E-state index contributed by atoms with van der Waals surface area (Å²) in [7, 11) is 1.61. The molecule has 1 aromatic rings. The maximum absolute atomic E-state index is 12.6. The van der Waals surface area contributed by atoms with E-state index < -0.39 is 0 Å². The Bertz CT molecular complexity index is 619. The lowest BCUT2D eigenvalue weighted by Gasteiger charge is -2.40. The van der Waals surface area contributed by atoms with Crippen LogP contribution < -0.4 is 9.47 Å². The number of nitrogens with zero attached hydrogens (tertiary/aromatic N) is 2. The summed E-state index contributed by atoms with van der Waals surface area (Å²) in [6, 6.07) is 6.86. The third kappa shape index (κ3) is 3.05. The first kappa shape index (κ1) is 16.6. The van der Waals surface area contributed by atoms with Gasteiger partial charge in [-0.2, -0.15) is 0 Å². The molecule has 1 aromatic carbocycles. The second-order valence-corrected chi connectivity index (χ2v) is 6.25. The van der Waals surface area contributed by atoms with Gasteiger partial charge in [0.25, 0.3) is 0 Å². The molecule has 2 aliphatic heterocycles. The SMILES string of the molecule is COc1ccccc1OCCCN1C(=O)[C@H]2CCCN2C(=O)[C@@H]1C. The molecule has 3 rings (SSSR count). The van der Waals surface area contributed by atoms with E-state index in [2.05, 4.69) is 0 Å². The number of amides is 2. The smallest absolute Gasteiger partial charge is 0.246 e. The molecule has 2 heterocycles. The first-order chi connectivity index (χ1) is 11.6. The van der Waals surface area contributed by atoms with Crippen LogP contribution in [0.5, 0.6) is 11.5 Å². The molecule has 0 aliphatic carbocycles. The van der Waals surface area contributed by atoms with Crippen molar-refractivity contribution in [3.8, 4) is 11.5 Å². The van der Waals surface area contributed by atoms with Crippen LogP contribution in [0.1, 0.15) is 26.2 Å². The third-order valence-electron chi connectivity index (χ3n) is 4.80. The topological polar surface area (TPSA) is 59.1 Å². The zero-order valence-electron chi connectivity index (χ0n) is 14.2. The number of carbonyl (C=O) groups is 2. The zero-order chi connectivity index (χ0) is 17.1. The summed E-state index contributed by atoms with van der Waals surface area (Å²) in [4.78, 5) is 28.4. The third-order valence-corrected chi connectivity index (χ3v) is 4.80. The van der Waals surface area contributed by atoms with E-state index in [9.17, 15) is 9.59 Å². The Balaban J connectivity index is 1.54. The molecule has 0 N–H and O–H groups in total. The van der Waals surface area contributed by atoms with Crippen molar-refractivity contribution in [2.24, 2.45) is 0 Å². The van der Waals surface area contributed by atoms with E-state index in [-0.39, 0.29) is 23.9 Å². The molecule has 6 nitrogen and oxygen atoms in total. The number of ether oxygens (including phenoxy) is 2. The highest BCUT2D eigenvalue weighted by molar-refractivity contribution is 5.97. The fourth-order valence-corrected chi connectivity index (χ4v) is 3.50. The molecule has 6 heteroatoms. The van der Waals surface area contributed by atoms with Crippen LogP contribution in [0, 0.1) is 0 Å². The first-order valence-electron chi connectivity index (χ1n) is 8.50. The number of rotatable bonds is 6. The van der Waals surface area contributed by atoms with Crippen LogP contribution in [0.25, 0.3) is 0 Å². The van der Waals surface area contributed by atoms with Gasteiger partial charge in [-0.25, -0.2) is 0 Å². The summed E-state index contributed by atoms with van der Waals surface area (Å²) in [5.41, 5.74) is 0. The van der Waals surface area contributed by atoms with E-state index in [4.69, 9.17) is 9.47 Å². The van der Waals surface area contributed by atoms with Crippen molar-refractivity contribution in [3.05, 3.63) is 24.3 Å². The standard InChI is InChI=1S/C18H24N2O4/c1-13-17(21)20-10-5-7-14(20)18(22)19(13)11-6-12-24-16-9-4-3-8-15(16)23-2/h3-4,8-9,13-14H,5-7,10-12H2,1-2H3/t13-,14+/m0/s1. The second kappa shape index (κ2) is 7.11. The van der Waals surface area contributed by atoms with Gasteiger partial charge in [-0.05, 0) is 38.3 Å². The van der Waals surface area contributed by atoms with Gasteiger partial charge in [-0.3, -0.25) is 9.59 Å². The molecule has 24 heavy (non-hydrogen) atoms. The molecule has 0 bridgehead atoms. The van der Waals surface area contributed by atoms with Crippen LogP contribution in [-0.4, -0.2) is 60.5 Å². The van der Waals surface area contributed by atoms with Gasteiger partial charge in [0.1, 0.15) is 12.1 Å². The van der Waals surface area contributed by atoms with Gasteiger partial charge >= 0.3 is 0 Å². The Morgan fingerprint density at radius 1 is 1.17 bits per heavy atom. The monoisotopic (exact) mass is 332 g/mol. The van der Waals surface area contributed by atoms with Crippen LogP contribution in [-0.2, 0) is 9.59 Å². The maximum atomic E-state index is 12.6. The van der Waals surface area contributed by atoms with Gasteiger partial charge in [-0.1, -0.05) is 12.1 Å². The summed E-state index contributed by atoms with van der Waals surface area (Å²) in [5, 5.41) is 0. The Morgan fingerprint density at radius 3 is 2.67 bits per heavy atom. The van der Waals surface area contributed by atoms with Crippen LogP contribution in [0.3, 0.4) is 0 Å². The highest BCUT2D eigenvalue weighted by atomic mass is 16.5. The van der Waals surface area contributed by atoms with Crippen LogP contribution in [0.15, 0.2) is 24.3 Å². The lowest BCUT2D eigenvalue weighted by atomic mass is 10.1. The van der Waals surface area contributed by atoms with Crippen molar-refractivity contribution in [3.63, 3.8) is 0 Å². The number of para-hydroxylation sites is 2. The van der Waals surface area contributed by atoms with Crippen molar-refractivity contribution in [1.82, 2.24) is 9.80 Å². The van der Waals surface area contributed by atoms with Gasteiger partial charge in [0, 0.05) is 13.1 Å². The number of hydrogen-bond acceptors (Lipinski definition) is 4. The minimum absolute atomic E-state index is 0.0720. The number of carbonyl (C=O) groups excluding carboxylic acids is 2. The number of piperazine rings is 1. The second-order valence-electron chi connectivity index (χ2n) is 6.25. The predicted octanol–water partition coefficient (Wildman–Crippen LogP) is 1.69. The predicted molar refractivity (Wildman–Crippen MR) is 89.0 cm³/mol. The molecule has 0 aromatic heterocycles. The molecule has 2 atom stereocenters. The molecule has 2 saturated heterocycles. The van der Waals surface area contributed by atoms with Crippen molar-refractivity contribution in [2.75, 3.05) is 26.8 Å². The molecule has 2 fully saturated rings. The summed E-state index contributed by atoms with van der Waals surface area (Å²) in [6.07, 6.45) is 2.37. The molecule has 2 amide bonds. The van der Waals surface area contributed by atoms with E-state index in [1.54, 1.807) is 16.9 Å². The van der Waals surface area contributed by atoms with Crippen LogP contribution >= 0.6 is 0 Å². The van der Waals surface area contributed by atoms with E-state index in [1.165, 1.54) is 0 Å². The van der Waals surface area contributed by atoms with Crippen LogP contribution in [0.4, 0.5) is 0 Å². The molecular formula is C18H24N2O4. The molecular weight excluding hydrogens is 308 g/mol. The van der Waals surface area contributed by atoms with Crippen molar-refractivity contribution in [2.45, 2.75) is 38.3 Å². The highest BCUT2D eigenvalue weighted by Gasteiger charge is 2.45. The molecule has 2 aliphatic rings. The van der Waals surface area contributed by atoms with E-state index in [0.29, 0.717) is 37.6 Å². The van der Waals surface area contributed by atoms with Gasteiger partial charge in [0.15, 0.2) is 11.5 Å². The van der Waals surface area contributed by atoms with Crippen molar-refractivity contribution < 1.29 is 19.1 Å². The highest BCUT2D eigenvalue weighted by Crippen LogP contribution is 2.28. The normalized spacial score (nSPS) is 23.4. The van der Waals surface area contributed by atoms with Crippen molar-refractivity contribution >= 4 is 11.8 Å². The molecule has 0 spiro atoms. The number of fused-ring (bicyclic) bond motifs is 1. The summed E-state index contributed by atoms with van der Waals surface area (Å²) >= 11 is 0. The minimum atomic E-state index is -0.377. The van der Waals surface area contributed by atoms with Gasteiger partial charge in [0.2, 0.25) is 11.8 Å². The van der Waals surface area contributed by atoms with Gasteiger partial charge < -0.3 is 19.3 Å². The quantitative estimate of drug-likeness (QED) is 0.744. The Morgan fingerprint density at radius 2 is 1.92 bits per heavy atom. The number of methoxy groups -OCH3 is 1. The Hall–Kier alpha value is -2.24. The lowest BCUT2D eigenvalue weighted by molar-refractivity contribution is -0.158. The summed E-state index contributed by atoms with van der Waals surface area (Å²) < 4.78 is 11.0. The van der Waals surface area contributed by atoms with Gasteiger partial charge in [0.05, 0.1) is 13.7 Å². The molecule has 0 unspecified atom stereocenters. The van der Waals surface area contributed by atoms with E-state index >= 15 is 0 Å². The van der Waals surface area contributed by atoms with Crippen molar-refractivity contribution in [1.29, 1.82) is 0 Å². The Kier molecular flexibility index (Phi) is 4.92. The average Bonchev–Trinajstić information content (AvgIpc) is 3.09. The van der Waals surface area contributed by atoms with E-state index in [0.717, 1.165) is 12.8 Å². The molecule has 130 valence electrons. The van der Waals surface area contributed by atoms with Gasteiger partial charge in [-0.15, -0.1) is 0 Å². The van der Waals surface area contributed by atoms with E-state index in [1.807, 2.05) is 31.2 Å². The summed E-state index contributed by atoms with van der Waals surface area (Å²) in [5.74, 6) is 1.53. The number of hydrogen-bond donors (Lipinski definition) is 0. The maximum Gasteiger partial charge on any atom is 0.246 e. The lowest BCUT2D eigenvalue weighted by Crippen LogP contribution is -2.61. The Labute approximate surface area is 142 Å². The zero-order valence-corrected chi connectivity index (χ0v) is 14.2. The fraction of sp³-hybridized carbons (Fsp3) is 0.556. The number of benzene rings is 1. The minimum Gasteiger partial charge on any atom is -0.493 e. The average molecular weight is 332 g/mol. The largest absolute Gasteiger partial charge is 0.493 e. The van der Waals surface area contributed by atoms with Crippen LogP contribution in [0.2, 0.25) is 0 Å². The molecule has 0 radical (unpaired) electrons. The first-order valence-corrected chi connectivity index (χ1v) is 8.50.